The summed E-state index contributed by atoms with van der Waals surface area (Å²) in [5.41, 5.74) is 2.50. The van der Waals surface area contributed by atoms with E-state index in [1.807, 2.05) is 24.4 Å². The van der Waals surface area contributed by atoms with Gasteiger partial charge in [-0.2, -0.15) is 5.10 Å². The predicted octanol–water partition coefficient (Wildman–Crippen LogP) is 3.05. The molecular weight excluding hydrogens is 456 g/mol. The number of hydrogen-bond acceptors (Lipinski definition) is 8. The van der Waals surface area contributed by atoms with Gasteiger partial charge >= 0.3 is 5.97 Å². The minimum absolute atomic E-state index is 0.102. The zero-order valence-electron chi connectivity index (χ0n) is 19.9. The molecular formula is C24H32N4O5S. The third kappa shape index (κ3) is 6.86. The molecule has 3 heterocycles. The summed E-state index contributed by atoms with van der Waals surface area (Å²) in [5.74, 6) is -0.324. The molecule has 0 fully saturated rings. The molecule has 34 heavy (non-hydrogen) atoms. The number of aliphatic hydroxyl groups excluding tert-OH is 1. The van der Waals surface area contributed by atoms with Crippen LogP contribution in [0, 0.1) is 0 Å². The second-order valence-electron chi connectivity index (χ2n) is 8.98. The van der Waals surface area contributed by atoms with E-state index in [0.717, 1.165) is 21.6 Å². The maximum atomic E-state index is 11.2. The van der Waals surface area contributed by atoms with Crippen molar-refractivity contribution in [2.24, 2.45) is 0 Å². The van der Waals surface area contributed by atoms with Crippen LogP contribution in [-0.4, -0.2) is 67.5 Å². The third-order valence-corrected chi connectivity index (χ3v) is 5.99. The number of aromatic nitrogens is 3. The lowest BCUT2D eigenvalue weighted by Gasteiger charge is -2.16. The number of rotatable bonds is 7. The number of benzene rings is 1. The third-order valence-electron chi connectivity index (χ3n) is 4.88. The Morgan fingerprint density at radius 2 is 2.09 bits per heavy atom. The first-order chi connectivity index (χ1) is 16.1. The molecule has 1 aliphatic rings. The van der Waals surface area contributed by atoms with Crippen LogP contribution >= 0.6 is 11.3 Å². The molecule has 0 amide bonds. The Balaban J connectivity index is 0.000000406. The zero-order chi connectivity index (χ0) is 24.9. The summed E-state index contributed by atoms with van der Waals surface area (Å²) in [7, 11) is 0. The Labute approximate surface area is 203 Å². The number of aliphatic hydroxyl groups is 2. The van der Waals surface area contributed by atoms with Crippen molar-refractivity contribution in [2.45, 2.75) is 52.3 Å². The van der Waals surface area contributed by atoms with Gasteiger partial charge in [0.2, 0.25) is 5.01 Å². The van der Waals surface area contributed by atoms with Crippen molar-refractivity contribution < 1.29 is 24.9 Å². The molecule has 1 aromatic carbocycles. The van der Waals surface area contributed by atoms with Gasteiger partial charge in [-0.15, -0.1) is 11.3 Å². The van der Waals surface area contributed by atoms with Crippen molar-refractivity contribution in [3.05, 3.63) is 40.5 Å². The Bertz CT molecular complexity index is 1120. The second kappa shape index (κ2) is 11.1. The first-order valence-corrected chi connectivity index (χ1v) is 12.0. The number of fused-ring (bicyclic) bond motifs is 3. The topological polar surface area (TPSA) is 130 Å². The minimum Gasteiger partial charge on any atom is -0.492 e. The van der Waals surface area contributed by atoms with E-state index in [9.17, 15) is 15.0 Å². The molecule has 0 spiro atoms. The van der Waals surface area contributed by atoms with Gasteiger partial charge in [-0.25, -0.2) is 9.78 Å². The lowest BCUT2D eigenvalue weighted by atomic mass is 10.0. The average molecular weight is 489 g/mol. The molecule has 2 aromatic heterocycles. The summed E-state index contributed by atoms with van der Waals surface area (Å²) in [6, 6.07) is 6.28. The monoisotopic (exact) mass is 488 g/mol. The van der Waals surface area contributed by atoms with E-state index in [2.05, 4.69) is 29.2 Å². The van der Waals surface area contributed by atoms with Crippen molar-refractivity contribution in [3.63, 3.8) is 0 Å². The maximum absolute atomic E-state index is 11.2. The number of carboxylic acids is 1. The highest BCUT2D eigenvalue weighted by Gasteiger charge is 2.23. The minimum atomic E-state index is -1.01. The van der Waals surface area contributed by atoms with Gasteiger partial charge in [0, 0.05) is 41.2 Å². The molecule has 4 rings (SSSR count). The molecule has 9 nitrogen and oxygen atoms in total. The molecule has 0 unspecified atom stereocenters. The lowest BCUT2D eigenvalue weighted by Crippen LogP contribution is -2.26. The average Bonchev–Trinajstić information content (AvgIpc) is 3.35. The number of thiazole rings is 1. The second-order valence-corrected chi connectivity index (χ2v) is 10.1. The van der Waals surface area contributed by atoms with E-state index >= 15 is 0 Å². The quantitative estimate of drug-likeness (QED) is 0.399. The van der Waals surface area contributed by atoms with E-state index in [4.69, 9.17) is 9.84 Å². The zero-order valence-corrected chi connectivity index (χ0v) is 20.7. The van der Waals surface area contributed by atoms with E-state index in [0.29, 0.717) is 43.6 Å². The van der Waals surface area contributed by atoms with Crippen LogP contribution in [0.2, 0.25) is 0 Å². The van der Waals surface area contributed by atoms with Crippen LogP contribution in [-0.2, 0) is 13.0 Å². The normalized spacial score (nSPS) is 12.8. The van der Waals surface area contributed by atoms with Gasteiger partial charge in [-0.1, -0.05) is 19.9 Å². The molecule has 3 aromatic rings. The molecule has 184 valence electrons. The van der Waals surface area contributed by atoms with Crippen LogP contribution in [0.4, 0.5) is 0 Å². The molecule has 1 aliphatic heterocycles. The summed E-state index contributed by atoms with van der Waals surface area (Å²) in [5, 5.41) is 34.9. The number of hydrogen-bond donors (Lipinski definition) is 4. The number of carbonyl (C=O) groups is 1. The molecule has 0 bridgehead atoms. The molecule has 0 saturated carbocycles. The first-order valence-electron chi connectivity index (χ1n) is 11.2. The van der Waals surface area contributed by atoms with E-state index in [-0.39, 0.29) is 11.6 Å². The van der Waals surface area contributed by atoms with Crippen LogP contribution in [0.3, 0.4) is 0 Å². The molecule has 10 heteroatoms. The fourth-order valence-electron chi connectivity index (χ4n) is 3.44. The van der Waals surface area contributed by atoms with E-state index < -0.39 is 11.6 Å². The summed E-state index contributed by atoms with van der Waals surface area (Å²) in [6.45, 7) is 9.39. The van der Waals surface area contributed by atoms with Crippen LogP contribution in [0.15, 0.2) is 30.6 Å². The standard InChI is InChI=1S/C19H19N3O4S.C5H13NO/c1-19(2,25)10-22-9-12(8-20-22)11-3-4-13-14(7-11)26-6-5-15-16(13)21-17(27-15)18(23)24;1-5(2)6-3-4-7/h3-4,7-9,25H,5-6,10H2,1-2H3,(H,23,24);5-7H,3-4H2,1-2H3. The SMILES string of the molecule is CC(C)(O)Cn1cc(-c2ccc3c(c2)OCCc2sc(C(=O)O)nc2-3)cn1.CC(C)NCCO. The van der Waals surface area contributed by atoms with Crippen molar-refractivity contribution in [3.8, 4) is 28.1 Å². The molecule has 0 aliphatic carbocycles. The van der Waals surface area contributed by atoms with Gasteiger partial charge < -0.3 is 25.4 Å². The molecule has 0 saturated heterocycles. The van der Waals surface area contributed by atoms with Crippen molar-refractivity contribution in [2.75, 3.05) is 19.8 Å². The van der Waals surface area contributed by atoms with Crippen LogP contribution in [0.5, 0.6) is 5.75 Å². The highest BCUT2D eigenvalue weighted by atomic mass is 32.1. The Morgan fingerprint density at radius 1 is 1.32 bits per heavy atom. The highest BCUT2D eigenvalue weighted by Crippen LogP contribution is 2.39. The van der Waals surface area contributed by atoms with E-state index in [1.54, 1.807) is 24.7 Å². The molecule has 0 radical (unpaired) electrons. The number of ether oxygens (including phenoxy) is 1. The Kier molecular flexibility index (Phi) is 8.42. The Morgan fingerprint density at radius 3 is 2.71 bits per heavy atom. The fourth-order valence-corrected chi connectivity index (χ4v) is 4.34. The summed E-state index contributed by atoms with van der Waals surface area (Å²) >= 11 is 1.20. The number of aromatic carboxylic acids is 1. The largest absolute Gasteiger partial charge is 0.492 e. The van der Waals surface area contributed by atoms with Gasteiger partial charge in [0.05, 0.1) is 37.3 Å². The van der Waals surface area contributed by atoms with Gasteiger partial charge in [-0.3, -0.25) is 4.68 Å². The van der Waals surface area contributed by atoms with Gasteiger partial charge in [0.15, 0.2) is 0 Å². The summed E-state index contributed by atoms with van der Waals surface area (Å²) in [6.07, 6.45) is 4.27. The lowest BCUT2D eigenvalue weighted by molar-refractivity contribution is 0.0577. The fraction of sp³-hybridized carbons (Fsp3) is 0.458. The van der Waals surface area contributed by atoms with Gasteiger partial charge in [0.1, 0.15) is 5.75 Å². The summed E-state index contributed by atoms with van der Waals surface area (Å²) in [4.78, 5) is 16.5. The number of nitrogens with one attached hydrogen (secondary N) is 1. The van der Waals surface area contributed by atoms with Crippen LogP contribution < -0.4 is 10.1 Å². The van der Waals surface area contributed by atoms with E-state index in [1.165, 1.54) is 11.3 Å². The van der Waals surface area contributed by atoms with Crippen LogP contribution in [0.1, 0.15) is 42.4 Å². The predicted molar refractivity (Wildman–Crippen MR) is 131 cm³/mol. The smallest absolute Gasteiger partial charge is 0.365 e. The first kappa shape index (κ1) is 25.8. The molecule has 4 N–H and O–H groups in total. The van der Waals surface area contributed by atoms with Crippen molar-refractivity contribution in [1.29, 1.82) is 0 Å². The van der Waals surface area contributed by atoms with Crippen molar-refractivity contribution >= 4 is 17.3 Å². The number of carboxylic acid groups (broad SMARTS) is 1. The van der Waals surface area contributed by atoms with Crippen LogP contribution in [0.25, 0.3) is 22.4 Å². The Hall–Kier alpha value is -2.79. The van der Waals surface area contributed by atoms with Gasteiger partial charge in [-0.05, 0) is 31.5 Å². The summed E-state index contributed by atoms with van der Waals surface area (Å²) < 4.78 is 7.60. The van der Waals surface area contributed by atoms with Gasteiger partial charge in [0.25, 0.3) is 0 Å². The number of nitrogens with zero attached hydrogens (tertiary/aromatic N) is 3. The highest BCUT2D eigenvalue weighted by molar-refractivity contribution is 7.14. The van der Waals surface area contributed by atoms with Crippen molar-refractivity contribution in [1.82, 2.24) is 20.1 Å². The molecule has 0 atom stereocenters. The maximum Gasteiger partial charge on any atom is 0.365 e.